The lowest BCUT2D eigenvalue weighted by Gasteiger charge is -2.22. The molecular formula is C11H9BrClN3O. The Morgan fingerprint density at radius 3 is 2.88 bits per heavy atom. The van der Waals surface area contributed by atoms with Gasteiger partial charge in [0.25, 0.3) is 0 Å². The Kier molecular flexibility index (Phi) is 2.90. The lowest BCUT2D eigenvalue weighted by molar-refractivity contribution is 0.308. The summed E-state index contributed by atoms with van der Waals surface area (Å²) in [5.41, 5.74) is 0.892. The predicted molar refractivity (Wildman–Crippen MR) is 68.1 cm³/mol. The summed E-state index contributed by atoms with van der Waals surface area (Å²) in [4.78, 5) is 4.39. The van der Waals surface area contributed by atoms with E-state index in [4.69, 9.17) is 16.1 Å². The highest BCUT2D eigenvalue weighted by Crippen LogP contribution is 2.28. The van der Waals surface area contributed by atoms with Crippen molar-refractivity contribution in [3.63, 3.8) is 0 Å². The van der Waals surface area contributed by atoms with Gasteiger partial charge in [0.05, 0.1) is 10.9 Å². The molecule has 0 radical (unpaired) electrons. The van der Waals surface area contributed by atoms with Crippen LogP contribution in [-0.4, -0.2) is 23.2 Å². The second kappa shape index (κ2) is 4.40. The van der Waals surface area contributed by atoms with Crippen LogP contribution < -0.4 is 5.32 Å². The third kappa shape index (κ3) is 2.10. The SMILES string of the molecule is Clc1ccc(-c2noc(C3CNC3)n2)cc1Br. The zero-order chi connectivity index (χ0) is 11.8. The second-order valence-corrected chi connectivity index (χ2v) is 5.20. The van der Waals surface area contributed by atoms with E-state index in [0.29, 0.717) is 22.7 Å². The van der Waals surface area contributed by atoms with Crippen LogP contribution in [0.2, 0.25) is 5.02 Å². The molecule has 1 aromatic heterocycles. The molecule has 0 unspecified atom stereocenters. The average Bonchev–Trinajstić information content (AvgIpc) is 2.69. The van der Waals surface area contributed by atoms with Gasteiger partial charge >= 0.3 is 0 Å². The van der Waals surface area contributed by atoms with Crippen molar-refractivity contribution in [2.24, 2.45) is 0 Å². The highest BCUT2D eigenvalue weighted by atomic mass is 79.9. The number of halogens is 2. The number of hydrogen-bond acceptors (Lipinski definition) is 4. The standard InChI is InChI=1S/C11H9BrClN3O/c12-8-3-6(1-2-9(8)13)10-15-11(17-16-10)7-4-14-5-7/h1-3,7,14H,4-5H2. The summed E-state index contributed by atoms with van der Waals surface area (Å²) in [6.07, 6.45) is 0. The summed E-state index contributed by atoms with van der Waals surface area (Å²) in [6, 6.07) is 5.57. The number of aromatic nitrogens is 2. The van der Waals surface area contributed by atoms with E-state index in [9.17, 15) is 0 Å². The van der Waals surface area contributed by atoms with E-state index in [2.05, 4.69) is 31.4 Å². The van der Waals surface area contributed by atoms with Crippen molar-refractivity contribution in [3.8, 4) is 11.4 Å². The van der Waals surface area contributed by atoms with Crippen LogP contribution >= 0.6 is 27.5 Å². The van der Waals surface area contributed by atoms with Gasteiger partial charge in [-0.2, -0.15) is 4.98 Å². The molecule has 6 heteroatoms. The maximum Gasteiger partial charge on any atom is 0.232 e. The van der Waals surface area contributed by atoms with Gasteiger partial charge in [0.2, 0.25) is 11.7 Å². The van der Waals surface area contributed by atoms with E-state index >= 15 is 0 Å². The summed E-state index contributed by atoms with van der Waals surface area (Å²) in [6.45, 7) is 1.82. The minimum Gasteiger partial charge on any atom is -0.339 e. The first-order valence-electron chi connectivity index (χ1n) is 5.24. The molecule has 3 rings (SSSR count). The van der Waals surface area contributed by atoms with Crippen LogP contribution in [0, 0.1) is 0 Å². The lowest BCUT2D eigenvalue weighted by Crippen LogP contribution is -2.40. The van der Waals surface area contributed by atoms with Gasteiger partial charge in [0.15, 0.2) is 0 Å². The van der Waals surface area contributed by atoms with Crippen LogP contribution in [0.1, 0.15) is 11.8 Å². The number of benzene rings is 1. The first kappa shape index (κ1) is 11.2. The molecule has 2 aromatic rings. The van der Waals surface area contributed by atoms with E-state index < -0.39 is 0 Å². The Morgan fingerprint density at radius 2 is 2.24 bits per heavy atom. The average molecular weight is 315 g/mol. The number of nitrogens with zero attached hydrogens (tertiary/aromatic N) is 2. The van der Waals surface area contributed by atoms with Gasteiger partial charge in [-0.15, -0.1) is 0 Å². The van der Waals surface area contributed by atoms with E-state index in [0.717, 1.165) is 23.1 Å². The van der Waals surface area contributed by atoms with E-state index in [1.807, 2.05) is 18.2 Å². The lowest BCUT2D eigenvalue weighted by atomic mass is 10.0. The van der Waals surface area contributed by atoms with Crippen molar-refractivity contribution in [2.45, 2.75) is 5.92 Å². The largest absolute Gasteiger partial charge is 0.339 e. The van der Waals surface area contributed by atoms with E-state index in [1.54, 1.807) is 0 Å². The molecule has 4 nitrogen and oxygen atoms in total. The Labute approximate surface area is 111 Å². The van der Waals surface area contributed by atoms with Crippen LogP contribution in [0.4, 0.5) is 0 Å². The third-order valence-corrected chi connectivity index (χ3v) is 3.96. The Morgan fingerprint density at radius 1 is 1.41 bits per heavy atom. The molecule has 1 aliphatic rings. The van der Waals surface area contributed by atoms with Gasteiger partial charge in [-0.25, -0.2) is 0 Å². The monoisotopic (exact) mass is 313 g/mol. The number of hydrogen-bond donors (Lipinski definition) is 1. The highest BCUT2D eigenvalue weighted by molar-refractivity contribution is 9.10. The molecule has 0 saturated carbocycles. The highest BCUT2D eigenvalue weighted by Gasteiger charge is 2.25. The van der Waals surface area contributed by atoms with Gasteiger partial charge in [-0.1, -0.05) is 16.8 Å². The fourth-order valence-corrected chi connectivity index (χ4v) is 2.11. The van der Waals surface area contributed by atoms with Crippen LogP contribution in [0.15, 0.2) is 27.2 Å². The molecule has 0 aliphatic carbocycles. The van der Waals surface area contributed by atoms with Gasteiger partial charge in [0, 0.05) is 23.1 Å². The molecule has 1 aliphatic heterocycles. The molecule has 0 spiro atoms. The Hall–Kier alpha value is -0.910. The molecule has 1 saturated heterocycles. The third-order valence-electron chi connectivity index (χ3n) is 2.75. The van der Waals surface area contributed by atoms with Crippen molar-refractivity contribution < 1.29 is 4.52 Å². The Bertz CT molecular complexity index is 553. The van der Waals surface area contributed by atoms with Crippen molar-refractivity contribution in [1.29, 1.82) is 0 Å². The molecule has 2 heterocycles. The predicted octanol–water partition coefficient (Wildman–Crippen LogP) is 2.84. The normalized spacial score (nSPS) is 15.9. The molecule has 88 valence electrons. The molecule has 0 amide bonds. The molecule has 17 heavy (non-hydrogen) atoms. The quantitative estimate of drug-likeness (QED) is 0.926. The van der Waals surface area contributed by atoms with E-state index in [1.165, 1.54) is 0 Å². The van der Waals surface area contributed by atoms with Gasteiger partial charge < -0.3 is 9.84 Å². The summed E-state index contributed by atoms with van der Waals surface area (Å²) < 4.78 is 6.07. The van der Waals surface area contributed by atoms with Crippen LogP contribution in [0.5, 0.6) is 0 Å². The number of nitrogens with one attached hydrogen (secondary N) is 1. The fraction of sp³-hybridized carbons (Fsp3) is 0.273. The zero-order valence-electron chi connectivity index (χ0n) is 8.78. The summed E-state index contributed by atoms with van der Waals surface area (Å²) in [5.74, 6) is 1.65. The topological polar surface area (TPSA) is 51.0 Å². The van der Waals surface area contributed by atoms with Crippen LogP contribution in [0.25, 0.3) is 11.4 Å². The first-order valence-corrected chi connectivity index (χ1v) is 6.41. The molecule has 1 aromatic carbocycles. The molecule has 1 N–H and O–H groups in total. The maximum absolute atomic E-state index is 5.94. The van der Waals surface area contributed by atoms with Crippen molar-refractivity contribution in [1.82, 2.24) is 15.5 Å². The van der Waals surface area contributed by atoms with Gasteiger partial charge in [0.1, 0.15) is 0 Å². The van der Waals surface area contributed by atoms with Crippen molar-refractivity contribution in [2.75, 3.05) is 13.1 Å². The van der Waals surface area contributed by atoms with Crippen LogP contribution in [0.3, 0.4) is 0 Å². The smallest absolute Gasteiger partial charge is 0.232 e. The minimum atomic E-state index is 0.354. The summed E-state index contributed by atoms with van der Waals surface area (Å²) in [5, 5.41) is 7.82. The minimum absolute atomic E-state index is 0.354. The first-order chi connectivity index (χ1) is 8.24. The number of rotatable bonds is 2. The Balaban J connectivity index is 1.92. The summed E-state index contributed by atoms with van der Waals surface area (Å²) in [7, 11) is 0. The summed E-state index contributed by atoms with van der Waals surface area (Å²) >= 11 is 9.31. The fourth-order valence-electron chi connectivity index (χ4n) is 1.62. The molecular weight excluding hydrogens is 305 g/mol. The van der Waals surface area contributed by atoms with Gasteiger partial charge in [-0.05, 0) is 34.1 Å². The van der Waals surface area contributed by atoms with Gasteiger partial charge in [-0.3, -0.25) is 0 Å². The molecule has 1 fully saturated rings. The van der Waals surface area contributed by atoms with Crippen molar-refractivity contribution >= 4 is 27.5 Å². The second-order valence-electron chi connectivity index (χ2n) is 3.94. The van der Waals surface area contributed by atoms with E-state index in [-0.39, 0.29) is 0 Å². The van der Waals surface area contributed by atoms with Crippen LogP contribution in [-0.2, 0) is 0 Å². The van der Waals surface area contributed by atoms with Crippen molar-refractivity contribution in [3.05, 3.63) is 33.6 Å². The molecule has 0 atom stereocenters. The zero-order valence-corrected chi connectivity index (χ0v) is 11.1. The molecule has 0 bridgehead atoms. The maximum atomic E-state index is 5.94.